The Kier molecular flexibility index (Phi) is 5.40. The predicted molar refractivity (Wildman–Crippen MR) is 100 cm³/mol. The molecular weight excluding hydrogens is 332 g/mol. The molecule has 3 rings (SSSR count). The van der Waals surface area contributed by atoms with Crippen LogP contribution in [-0.2, 0) is 18.4 Å². The van der Waals surface area contributed by atoms with Crippen LogP contribution in [0.2, 0.25) is 0 Å². The molecule has 0 spiro atoms. The lowest BCUT2D eigenvalue weighted by molar-refractivity contribution is -0.120. The van der Waals surface area contributed by atoms with Crippen LogP contribution in [0.25, 0.3) is 0 Å². The van der Waals surface area contributed by atoms with E-state index in [1.807, 2.05) is 42.4 Å². The SMILES string of the molecule is CN=C(NCc1ccc(OC)cc1)N1CCN(c2cnn(C)c2)C(=O)C1. The van der Waals surface area contributed by atoms with Gasteiger partial charge in [-0.2, -0.15) is 5.10 Å². The van der Waals surface area contributed by atoms with E-state index in [0.29, 0.717) is 19.6 Å². The summed E-state index contributed by atoms with van der Waals surface area (Å²) in [6, 6.07) is 7.86. The number of aromatic nitrogens is 2. The quantitative estimate of drug-likeness (QED) is 0.649. The van der Waals surface area contributed by atoms with E-state index in [9.17, 15) is 4.79 Å². The number of nitrogens with zero attached hydrogens (tertiary/aromatic N) is 5. The number of piperazine rings is 1. The number of carbonyl (C=O) groups is 1. The van der Waals surface area contributed by atoms with Gasteiger partial charge < -0.3 is 19.9 Å². The summed E-state index contributed by atoms with van der Waals surface area (Å²) in [5.74, 6) is 1.59. The van der Waals surface area contributed by atoms with Gasteiger partial charge in [0.15, 0.2) is 5.96 Å². The molecule has 0 saturated carbocycles. The van der Waals surface area contributed by atoms with Crippen molar-refractivity contribution in [3.8, 4) is 5.75 Å². The van der Waals surface area contributed by atoms with Crippen LogP contribution in [0.5, 0.6) is 5.75 Å². The average molecular weight is 356 g/mol. The molecule has 1 aliphatic heterocycles. The van der Waals surface area contributed by atoms with Crippen molar-refractivity contribution in [2.24, 2.45) is 12.0 Å². The minimum absolute atomic E-state index is 0.0386. The molecule has 1 aromatic carbocycles. The number of aliphatic imine (C=N–C) groups is 1. The van der Waals surface area contributed by atoms with Crippen LogP contribution in [-0.4, -0.2) is 60.3 Å². The van der Waals surface area contributed by atoms with Gasteiger partial charge in [0.25, 0.3) is 0 Å². The van der Waals surface area contributed by atoms with E-state index >= 15 is 0 Å². The van der Waals surface area contributed by atoms with E-state index in [-0.39, 0.29) is 12.5 Å². The molecule has 0 unspecified atom stereocenters. The van der Waals surface area contributed by atoms with Crippen molar-refractivity contribution in [1.82, 2.24) is 20.0 Å². The number of methoxy groups -OCH3 is 1. The molecule has 8 heteroatoms. The molecule has 1 aliphatic rings. The maximum Gasteiger partial charge on any atom is 0.246 e. The van der Waals surface area contributed by atoms with Gasteiger partial charge in [0.2, 0.25) is 5.91 Å². The summed E-state index contributed by atoms with van der Waals surface area (Å²) in [6.07, 6.45) is 3.56. The highest BCUT2D eigenvalue weighted by Gasteiger charge is 2.27. The van der Waals surface area contributed by atoms with Gasteiger partial charge in [0.1, 0.15) is 12.3 Å². The fraction of sp³-hybridized carbons (Fsp3) is 0.389. The Bertz CT molecular complexity index is 783. The highest BCUT2D eigenvalue weighted by Crippen LogP contribution is 2.16. The van der Waals surface area contributed by atoms with Crippen LogP contribution in [0, 0.1) is 0 Å². The summed E-state index contributed by atoms with van der Waals surface area (Å²) in [7, 11) is 5.22. The van der Waals surface area contributed by atoms with Gasteiger partial charge in [0, 0.05) is 39.9 Å². The third-order valence-corrected chi connectivity index (χ3v) is 4.34. The number of anilines is 1. The van der Waals surface area contributed by atoms with Crippen LogP contribution in [0.15, 0.2) is 41.7 Å². The number of benzene rings is 1. The van der Waals surface area contributed by atoms with Crippen LogP contribution in [0.3, 0.4) is 0 Å². The Morgan fingerprint density at radius 1 is 1.31 bits per heavy atom. The lowest BCUT2D eigenvalue weighted by atomic mass is 10.2. The van der Waals surface area contributed by atoms with Gasteiger partial charge in [-0.3, -0.25) is 14.5 Å². The second kappa shape index (κ2) is 7.90. The normalized spacial score (nSPS) is 15.3. The molecule has 8 nitrogen and oxygen atoms in total. The molecule has 26 heavy (non-hydrogen) atoms. The molecule has 0 bridgehead atoms. The number of hydrogen-bond acceptors (Lipinski definition) is 4. The number of nitrogens with one attached hydrogen (secondary N) is 1. The first-order valence-electron chi connectivity index (χ1n) is 8.48. The summed E-state index contributed by atoms with van der Waals surface area (Å²) < 4.78 is 6.87. The highest BCUT2D eigenvalue weighted by atomic mass is 16.5. The molecule has 1 saturated heterocycles. The largest absolute Gasteiger partial charge is 0.497 e. The van der Waals surface area contributed by atoms with Gasteiger partial charge >= 0.3 is 0 Å². The summed E-state index contributed by atoms with van der Waals surface area (Å²) >= 11 is 0. The molecule has 1 aromatic heterocycles. The van der Waals surface area contributed by atoms with Gasteiger partial charge in [0.05, 0.1) is 19.0 Å². The van der Waals surface area contributed by atoms with Crippen molar-refractivity contribution >= 4 is 17.6 Å². The van der Waals surface area contributed by atoms with Crippen LogP contribution < -0.4 is 15.0 Å². The van der Waals surface area contributed by atoms with E-state index in [1.165, 1.54) is 0 Å². The molecule has 0 aliphatic carbocycles. The summed E-state index contributed by atoms with van der Waals surface area (Å²) in [5.41, 5.74) is 1.95. The maximum atomic E-state index is 12.5. The molecule has 0 radical (unpaired) electrons. The first-order chi connectivity index (χ1) is 12.6. The number of guanidine groups is 1. The lowest BCUT2D eigenvalue weighted by Gasteiger charge is -2.35. The Balaban J connectivity index is 1.58. The van der Waals surface area contributed by atoms with Crippen molar-refractivity contribution in [2.45, 2.75) is 6.54 Å². The number of amides is 1. The zero-order chi connectivity index (χ0) is 18.5. The molecule has 138 valence electrons. The zero-order valence-corrected chi connectivity index (χ0v) is 15.3. The van der Waals surface area contributed by atoms with Gasteiger partial charge in [-0.05, 0) is 17.7 Å². The summed E-state index contributed by atoms with van der Waals surface area (Å²) in [6.45, 7) is 2.24. The van der Waals surface area contributed by atoms with E-state index in [4.69, 9.17) is 4.74 Å². The predicted octanol–water partition coefficient (Wildman–Crippen LogP) is 0.853. The van der Waals surface area contributed by atoms with E-state index in [2.05, 4.69) is 15.4 Å². The molecule has 1 amide bonds. The molecular formula is C18H24N6O2. The molecule has 2 aromatic rings. The van der Waals surface area contributed by atoms with Crippen molar-refractivity contribution < 1.29 is 9.53 Å². The minimum atomic E-state index is 0.0386. The monoisotopic (exact) mass is 356 g/mol. The summed E-state index contributed by atoms with van der Waals surface area (Å²) in [5, 5.41) is 7.46. The summed E-state index contributed by atoms with van der Waals surface area (Å²) in [4.78, 5) is 20.6. The van der Waals surface area contributed by atoms with Crippen LogP contribution >= 0.6 is 0 Å². The Hall–Kier alpha value is -3.03. The first-order valence-corrected chi connectivity index (χ1v) is 8.48. The van der Waals surface area contributed by atoms with Crippen LogP contribution in [0.4, 0.5) is 5.69 Å². The fourth-order valence-electron chi connectivity index (χ4n) is 2.93. The highest BCUT2D eigenvalue weighted by molar-refractivity contribution is 5.98. The fourth-order valence-corrected chi connectivity index (χ4v) is 2.93. The zero-order valence-electron chi connectivity index (χ0n) is 15.3. The number of aryl methyl sites for hydroxylation is 1. The third kappa shape index (κ3) is 3.96. The van der Waals surface area contributed by atoms with E-state index < -0.39 is 0 Å². The van der Waals surface area contributed by atoms with Crippen molar-refractivity contribution in [3.63, 3.8) is 0 Å². The molecule has 0 atom stereocenters. The molecule has 1 fully saturated rings. The molecule has 2 heterocycles. The Morgan fingerprint density at radius 3 is 2.65 bits per heavy atom. The average Bonchev–Trinajstić information content (AvgIpc) is 3.09. The smallest absolute Gasteiger partial charge is 0.246 e. The topological polar surface area (TPSA) is 75.0 Å². The lowest BCUT2D eigenvalue weighted by Crippen LogP contribution is -2.55. The number of carbonyl (C=O) groups excluding carboxylic acids is 1. The van der Waals surface area contributed by atoms with Crippen molar-refractivity contribution in [3.05, 3.63) is 42.2 Å². The van der Waals surface area contributed by atoms with Crippen LogP contribution in [0.1, 0.15) is 5.56 Å². The Morgan fingerprint density at radius 2 is 2.08 bits per heavy atom. The number of ether oxygens (including phenoxy) is 1. The van der Waals surface area contributed by atoms with Gasteiger partial charge in [-0.25, -0.2) is 0 Å². The maximum absolute atomic E-state index is 12.5. The van der Waals surface area contributed by atoms with Gasteiger partial charge in [-0.15, -0.1) is 0 Å². The second-order valence-electron chi connectivity index (χ2n) is 6.09. The van der Waals surface area contributed by atoms with Crippen molar-refractivity contribution in [2.75, 3.05) is 38.7 Å². The second-order valence-corrected chi connectivity index (χ2v) is 6.09. The number of rotatable bonds is 4. The standard InChI is InChI=1S/C18H24N6O2/c1-19-18(20-10-14-4-6-16(26-3)7-5-14)23-8-9-24(17(25)13-23)15-11-21-22(2)12-15/h4-7,11-12H,8-10,13H2,1-3H3,(H,19,20). The van der Waals surface area contributed by atoms with Crippen molar-refractivity contribution in [1.29, 1.82) is 0 Å². The first kappa shape index (κ1) is 17.8. The Labute approximate surface area is 153 Å². The minimum Gasteiger partial charge on any atom is -0.497 e. The molecule has 1 N–H and O–H groups in total. The van der Waals surface area contributed by atoms with E-state index in [1.54, 1.807) is 29.9 Å². The third-order valence-electron chi connectivity index (χ3n) is 4.34. The van der Waals surface area contributed by atoms with Gasteiger partial charge in [-0.1, -0.05) is 12.1 Å². The van der Waals surface area contributed by atoms with E-state index in [0.717, 1.165) is 23.0 Å². The number of hydrogen-bond donors (Lipinski definition) is 1.